The van der Waals surface area contributed by atoms with Crippen molar-refractivity contribution in [1.29, 1.82) is 0 Å². The molecule has 0 aromatic rings. The van der Waals surface area contributed by atoms with E-state index in [1.807, 2.05) is 0 Å². The van der Waals surface area contributed by atoms with Gasteiger partial charge in [0.25, 0.3) is 0 Å². The molecule has 0 aliphatic carbocycles. The van der Waals surface area contributed by atoms with Gasteiger partial charge in [-0.1, -0.05) is 6.92 Å². The van der Waals surface area contributed by atoms with E-state index >= 15 is 0 Å². The molecule has 2 fully saturated rings. The van der Waals surface area contributed by atoms with E-state index in [9.17, 15) is 0 Å². The number of hydrogen-bond donors (Lipinski definition) is 0. The number of hydrogen-bond acceptors (Lipinski definition) is 4. The minimum atomic E-state index is 0.416. The van der Waals surface area contributed by atoms with Crippen molar-refractivity contribution >= 4 is 58.6 Å². The Labute approximate surface area is 95.7 Å². The van der Waals surface area contributed by atoms with E-state index in [4.69, 9.17) is 11.6 Å². The molecule has 2 aliphatic heterocycles. The van der Waals surface area contributed by atoms with Crippen LogP contribution in [0.3, 0.4) is 0 Å². The zero-order chi connectivity index (χ0) is 8.60. The minimum Gasteiger partial charge on any atom is -0.125 e. The second-order valence-corrected chi connectivity index (χ2v) is 10.4. The lowest BCUT2D eigenvalue weighted by atomic mass is 10.6. The van der Waals surface area contributed by atoms with E-state index in [0.717, 1.165) is 11.1 Å². The molecule has 0 radical (unpaired) electrons. The Morgan fingerprint density at radius 1 is 1.33 bits per heavy atom. The standard InChI is InChI=1S/C7H11ClS4/c1-5-3-9-7(11-5)10-4-6(2-8)12-7/h5-6H,2-4H2,1H3. The third kappa shape index (κ3) is 2.02. The van der Waals surface area contributed by atoms with E-state index in [1.54, 1.807) is 0 Å². The van der Waals surface area contributed by atoms with Gasteiger partial charge >= 0.3 is 0 Å². The maximum atomic E-state index is 5.85. The van der Waals surface area contributed by atoms with Crippen molar-refractivity contribution in [3.63, 3.8) is 0 Å². The Hall–Kier alpha value is 1.69. The first-order chi connectivity index (χ1) is 5.74. The highest BCUT2D eigenvalue weighted by atomic mass is 35.5. The summed E-state index contributed by atoms with van der Waals surface area (Å²) in [6, 6.07) is 0. The van der Waals surface area contributed by atoms with Crippen LogP contribution in [-0.2, 0) is 0 Å². The van der Waals surface area contributed by atoms with Gasteiger partial charge in [-0.05, 0) is 0 Å². The molecule has 0 nitrogen and oxygen atoms in total. The van der Waals surface area contributed by atoms with Gasteiger partial charge in [0, 0.05) is 27.9 Å². The van der Waals surface area contributed by atoms with Crippen LogP contribution in [0.1, 0.15) is 6.92 Å². The molecule has 2 saturated heterocycles. The molecule has 3 atom stereocenters. The Bertz CT molecular complexity index is 177. The highest BCUT2D eigenvalue weighted by Gasteiger charge is 2.46. The van der Waals surface area contributed by atoms with Crippen LogP contribution in [0, 0.1) is 0 Å². The number of halogens is 1. The molecule has 3 unspecified atom stereocenters. The van der Waals surface area contributed by atoms with Crippen LogP contribution in [0.25, 0.3) is 0 Å². The third-order valence-electron chi connectivity index (χ3n) is 1.77. The zero-order valence-corrected chi connectivity index (χ0v) is 10.8. The SMILES string of the molecule is CC1CSC2(SCC(CCl)S2)S1. The van der Waals surface area contributed by atoms with Crippen LogP contribution < -0.4 is 0 Å². The first-order valence-corrected chi connectivity index (χ1v) is 8.20. The van der Waals surface area contributed by atoms with Gasteiger partial charge in [0.1, 0.15) is 0 Å². The molecule has 2 rings (SSSR count). The Morgan fingerprint density at radius 3 is 2.58 bits per heavy atom. The topological polar surface area (TPSA) is 0 Å². The molecule has 0 aromatic heterocycles. The fraction of sp³-hybridized carbons (Fsp3) is 1.00. The summed E-state index contributed by atoms with van der Waals surface area (Å²) in [7, 11) is 0. The molecule has 0 saturated carbocycles. The summed E-state index contributed by atoms with van der Waals surface area (Å²) in [6.45, 7) is 2.32. The monoisotopic (exact) mass is 258 g/mol. The second kappa shape index (κ2) is 4.05. The van der Waals surface area contributed by atoms with Gasteiger partial charge in [0.15, 0.2) is 2.74 Å². The van der Waals surface area contributed by atoms with Crippen molar-refractivity contribution in [3.8, 4) is 0 Å². The van der Waals surface area contributed by atoms with Crippen LogP contribution >= 0.6 is 58.6 Å². The van der Waals surface area contributed by atoms with E-state index in [1.165, 1.54) is 11.5 Å². The fourth-order valence-electron chi connectivity index (χ4n) is 1.21. The second-order valence-electron chi connectivity index (χ2n) is 2.94. The van der Waals surface area contributed by atoms with Crippen LogP contribution in [0.2, 0.25) is 0 Å². The summed E-state index contributed by atoms with van der Waals surface area (Å²) in [5.74, 6) is 3.36. The molecule has 0 amide bonds. The molecule has 12 heavy (non-hydrogen) atoms. The van der Waals surface area contributed by atoms with E-state index in [0.29, 0.717) is 7.99 Å². The molecule has 0 bridgehead atoms. The molecule has 0 N–H and O–H groups in total. The Morgan fingerprint density at radius 2 is 2.08 bits per heavy atom. The minimum absolute atomic E-state index is 0.416. The van der Waals surface area contributed by atoms with Gasteiger partial charge in [-0.3, -0.25) is 0 Å². The largest absolute Gasteiger partial charge is 0.154 e. The zero-order valence-electron chi connectivity index (χ0n) is 6.79. The maximum absolute atomic E-state index is 5.85. The smallest absolute Gasteiger partial charge is 0.125 e. The summed E-state index contributed by atoms with van der Waals surface area (Å²) >= 11 is 14.3. The van der Waals surface area contributed by atoms with Gasteiger partial charge in [0.2, 0.25) is 0 Å². The fourth-order valence-corrected chi connectivity index (χ4v) is 10.1. The molecule has 2 aliphatic rings. The first kappa shape index (κ1) is 10.2. The van der Waals surface area contributed by atoms with E-state index in [-0.39, 0.29) is 0 Å². The molecule has 5 heteroatoms. The predicted molar refractivity (Wildman–Crippen MR) is 66.8 cm³/mol. The van der Waals surface area contributed by atoms with E-state index < -0.39 is 0 Å². The quantitative estimate of drug-likeness (QED) is 0.660. The van der Waals surface area contributed by atoms with Crippen LogP contribution in [0.15, 0.2) is 0 Å². The van der Waals surface area contributed by atoms with Gasteiger partial charge in [-0.2, -0.15) is 0 Å². The summed E-state index contributed by atoms with van der Waals surface area (Å²) in [5.41, 5.74) is 0. The lowest BCUT2D eigenvalue weighted by Gasteiger charge is -2.18. The molecular formula is C7H11ClS4. The summed E-state index contributed by atoms with van der Waals surface area (Å²) in [5, 5.41) is 1.51. The van der Waals surface area contributed by atoms with Crippen LogP contribution in [0.5, 0.6) is 0 Å². The average Bonchev–Trinajstić information content (AvgIpc) is 2.61. The van der Waals surface area contributed by atoms with E-state index in [2.05, 4.69) is 54.0 Å². The number of alkyl halides is 1. The average molecular weight is 259 g/mol. The van der Waals surface area contributed by atoms with Crippen molar-refractivity contribution < 1.29 is 0 Å². The Balaban J connectivity index is 1.97. The van der Waals surface area contributed by atoms with Gasteiger partial charge in [0.05, 0.1) is 0 Å². The number of thioether (sulfide) groups is 4. The predicted octanol–water partition coefficient (Wildman–Crippen LogP) is 3.55. The lowest BCUT2D eigenvalue weighted by molar-refractivity contribution is 1.15. The molecule has 2 heterocycles. The molecule has 1 spiro atoms. The van der Waals surface area contributed by atoms with Crippen LogP contribution in [-0.4, -0.2) is 30.6 Å². The molecule has 0 aromatic carbocycles. The van der Waals surface area contributed by atoms with Crippen molar-refractivity contribution in [2.24, 2.45) is 0 Å². The first-order valence-electron chi connectivity index (χ1n) is 3.93. The highest BCUT2D eigenvalue weighted by molar-refractivity contribution is 8.50. The molecular weight excluding hydrogens is 248 g/mol. The lowest BCUT2D eigenvalue weighted by Crippen LogP contribution is -2.04. The summed E-state index contributed by atoms with van der Waals surface area (Å²) in [6.07, 6.45) is 0. The normalized spacial score (nSPS) is 47.5. The Kier molecular flexibility index (Phi) is 3.45. The van der Waals surface area contributed by atoms with Gasteiger partial charge < -0.3 is 0 Å². The van der Waals surface area contributed by atoms with Crippen molar-refractivity contribution in [3.05, 3.63) is 0 Å². The number of rotatable bonds is 1. The highest BCUT2D eigenvalue weighted by Crippen LogP contribution is 2.66. The summed E-state index contributed by atoms with van der Waals surface area (Å²) < 4.78 is 0.416. The van der Waals surface area contributed by atoms with Crippen molar-refractivity contribution in [2.45, 2.75) is 20.2 Å². The molecule has 70 valence electrons. The van der Waals surface area contributed by atoms with Crippen molar-refractivity contribution in [1.82, 2.24) is 0 Å². The van der Waals surface area contributed by atoms with Crippen LogP contribution in [0.4, 0.5) is 0 Å². The van der Waals surface area contributed by atoms with Gasteiger partial charge in [-0.15, -0.1) is 58.6 Å². The summed E-state index contributed by atoms with van der Waals surface area (Å²) in [4.78, 5) is 0. The third-order valence-corrected chi connectivity index (χ3v) is 10.4. The maximum Gasteiger partial charge on any atom is 0.154 e. The van der Waals surface area contributed by atoms with Crippen molar-refractivity contribution in [2.75, 3.05) is 17.4 Å². The van der Waals surface area contributed by atoms with Gasteiger partial charge in [-0.25, -0.2) is 0 Å².